The van der Waals surface area contributed by atoms with E-state index in [4.69, 9.17) is 5.14 Å². The predicted octanol–water partition coefficient (Wildman–Crippen LogP) is 2.55. The van der Waals surface area contributed by atoms with Crippen LogP contribution in [0, 0.1) is 19.8 Å². The van der Waals surface area contributed by atoms with Gasteiger partial charge in [0.25, 0.3) is 0 Å². The number of aryl methyl sites for hydroxylation is 1. The lowest BCUT2D eigenvalue weighted by Gasteiger charge is -2.32. The molecular weight excluding hydrogens is 440 g/mol. The molecule has 1 aliphatic heterocycles. The van der Waals surface area contributed by atoms with Crippen LogP contribution in [0.2, 0.25) is 0 Å². The average Bonchev–Trinajstić information content (AvgIpc) is 3.06. The van der Waals surface area contributed by atoms with Crippen molar-refractivity contribution in [2.75, 3.05) is 26.2 Å². The number of benzene rings is 1. The highest BCUT2D eigenvalue weighted by Crippen LogP contribution is 2.23. The Morgan fingerprint density at radius 3 is 2.52 bits per heavy atom. The van der Waals surface area contributed by atoms with Crippen LogP contribution in [0.4, 0.5) is 0 Å². The molecule has 1 aliphatic rings. The molecule has 1 unspecified atom stereocenters. The van der Waals surface area contributed by atoms with E-state index in [1.165, 1.54) is 12.1 Å². The number of hydrogen-bond donors (Lipinski definition) is 2. The lowest BCUT2D eigenvalue weighted by Crippen LogP contribution is -2.42. The second kappa shape index (κ2) is 10.6. The molecule has 1 atom stereocenters. The van der Waals surface area contributed by atoms with Gasteiger partial charge in [-0.2, -0.15) is 0 Å². The summed E-state index contributed by atoms with van der Waals surface area (Å²) in [4.78, 5) is 27.2. The summed E-state index contributed by atoms with van der Waals surface area (Å²) in [6.45, 7) is 8.49. The fraction of sp³-hybridized carbons (Fsp3) is 0.500. The van der Waals surface area contributed by atoms with Gasteiger partial charge in [0, 0.05) is 42.1 Å². The maximum absolute atomic E-state index is 13.2. The molecule has 2 heterocycles. The van der Waals surface area contributed by atoms with Crippen LogP contribution in [0.25, 0.3) is 5.69 Å². The summed E-state index contributed by atoms with van der Waals surface area (Å²) in [6.07, 6.45) is 3.46. The normalized spacial score (nSPS) is 17.2. The quantitative estimate of drug-likeness (QED) is 0.542. The first-order valence-electron chi connectivity index (χ1n) is 11.4. The molecule has 0 bridgehead atoms. The van der Waals surface area contributed by atoms with E-state index < -0.39 is 10.0 Å². The first-order valence-corrected chi connectivity index (χ1v) is 13.0. The Kier molecular flexibility index (Phi) is 8.10. The zero-order valence-electron chi connectivity index (χ0n) is 19.6. The molecule has 33 heavy (non-hydrogen) atoms. The first kappa shape index (κ1) is 25.1. The zero-order chi connectivity index (χ0) is 24.2. The molecule has 1 fully saturated rings. The monoisotopic (exact) mass is 474 g/mol. The number of aromatic nitrogens is 1. The molecule has 3 rings (SSSR count). The Morgan fingerprint density at radius 1 is 1.18 bits per heavy atom. The summed E-state index contributed by atoms with van der Waals surface area (Å²) in [5, 5.41) is 8.20. The Labute approximate surface area is 196 Å². The predicted molar refractivity (Wildman–Crippen MR) is 128 cm³/mol. The van der Waals surface area contributed by atoms with Crippen molar-refractivity contribution in [2.24, 2.45) is 11.1 Å². The summed E-state index contributed by atoms with van der Waals surface area (Å²) >= 11 is 0. The maximum Gasteiger partial charge on any atom is 0.238 e. The van der Waals surface area contributed by atoms with Crippen molar-refractivity contribution >= 4 is 21.7 Å². The molecule has 1 amide bonds. The molecule has 2 aromatic rings. The maximum atomic E-state index is 13.2. The standard InChI is InChI=1S/C24H34N4O4S/c1-4-6-24(30)26-14-19-7-5-12-27(15-19)16-23(29)22-13-17(2)28(18(22)3)20-8-10-21(11-9-20)33(25,31)32/h8-11,13,19H,4-7,12,14-16H2,1-3H3,(H,26,30)(H2,25,31,32). The molecular formula is C24H34N4O4S. The van der Waals surface area contributed by atoms with E-state index in [2.05, 4.69) is 10.2 Å². The Morgan fingerprint density at radius 2 is 1.88 bits per heavy atom. The van der Waals surface area contributed by atoms with Crippen molar-refractivity contribution in [1.29, 1.82) is 0 Å². The number of amides is 1. The van der Waals surface area contributed by atoms with Crippen LogP contribution in [0.5, 0.6) is 0 Å². The molecule has 1 saturated heterocycles. The van der Waals surface area contributed by atoms with Crippen molar-refractivity contribution in [2.45, 2.75) is 51.3 Å². The summed E-state index contributed by atoms with van der Waals surface area (Å²) < 4.78 is 25.0. The van der Waals surface area contributed by atoms with Crippen molar-refractivity contribution in [3.8, 4) is 5.69 Å². The van der Waals surface area contributed by atoms with Gasteiger partial charge in [-0.1, -0.05) is 6.92 Å². The average molecular weight is 475 g/mol. The number of carbonyl (C=O) groups excluding carboxylic acids is 2. The third-order valence-corrected chi connectivity index (χ3v) is 7.12. The number of ketones is 1. The van der Waals surface area contributed by atoms with Crippen molar-refractivity contribution < 1.29 is 18.0 Å². The van der Waals surface area contributed by atoms with Gasteiger partial charge < -0.3 is 9.88 Å². The minimum atomic E-state index is -3.76. The molecule has 1 aromatic carbocycles. The molecule has 8 nitrogen and oxygen atoms in total. The van der Waals surface area contributed by atoms with Crippen molar-refractivity contribution in [1.82, 2.24) is 14.8 Å². The van der Waals surface area contributed by atoms with Gasteiger partial charge in [-0.3, -0.25) is 14.5 Å². The number of primary sulfonamides is 1. The summed E-state index contributed by atoms with van der Waals surface area (Å²) in [7, 11) is -3.76. The van der Waals surface area contributed by atoms with E-state index in [0.717, 1.165) is 49.4 Å². The summed E-state index contributed by atoms with van der Waals surface area (Å²) in [5.74, 6) is 0.513. The number of sulfonamides is 1. The molecule has 0 aliphatic carbocycles. The number of rotatable bonds is 9. The van der Waals surface area contributed by atoms with Crippen molar-refractivity contribution in [3.05, 3.63) is 47.3 Å². The largest absolute Gasteiger partial charge is 0.356 e. The number of likely N-dealkylation sites (tertiary alicyclic amines) is 1. The second-order valence-electron chi connectivity index (χ2n) is 8.88. The molecule has 180 valence electrons. The van der Waals surface area contributed by atoms with E-state index >= 15 is 0 Å². The van der Waals surface area contributed by atoms with E-state index in [0.29, 0.717) is 31.0 Å². The van der Waals surface area contributed by atoms with Gasteiger partial charge in [0.1, 0.15) is 0 Å². The second-order valence-corrected chi connectivity index (χ2v) is 10.4. The fourth-order valence-corrected chi connectivity index (χ4v) is 5.07. The molecule has 0 radical (unpaired) electrons. The number of hydrogen-bond acceptors (Lipinski definition) is 5. The molecule has 3 N–H and O–H groups in total. The Balaban J connectivity index is 1.68. The SMILES string of the molecule is CCCC(=O)NCC1CCCN(CC(=O)c2cc(C)n(-c3ccc(S(N)(=O)=O)cc3)c2C)C1. The molecule has 0 spiro atoms. The van der Waals surface area contributed by atoms with Gasteiger partial charge in [0.2, 0.25) is 15.9 Å². The Bertz CT molecular complexity index is 1110. The van der Waals surface area contributed by atoms with Gasteiger partial charge in [-0.15, -0.1) is 0 Å². The molecule has 0 saturated carbocycles. The number of carbonyl (C=O) groups is 2. The highest BCUT2D eigenvalue weighted by Gasteiger charge is 2.24. The highest BCUT2D eigenvalue weighted by atomic mass is 32.2. The molecule has 9 heteroatoms. The minimum Gasteiger partial charge on any atom is -0.356 e. The topological polar surface area (TPSA) is 114 Å². The van der Waals surface area contributed by atoms with Crippen molar-refractivity contribution in [3.63, 3.8) is 0 Å². The van der Waals surface area contributed by atoms with Crippen LogP contribution in [-0.2, 0) is 14.8 Å². The van der Waals surface area contributed by atoms with Gasteiger partial charge in [0.15, 0.2) is 5.78 Å². The summed E-state index contributed by atoms with van der Waals surface area (Å²) in [5.41, 5.74) is 3.16. The van der Waals surface area contributed by atoms with Crippen LogP contribution in [0.3, 0.4) is 0 Å². The van der Waals surface area contributed by atoms with Crippen LogP contribution >= 0.6 is 0 Å². The van der Waals surface area contributed by atoms with E-state index in [1.807, 2.05) is 31.4 Å². The van der Waals surface area contributed by atoms with Gasteiger partial charge in [0.05, 0.1) is 11.4 Å². The van der Waals surface area contributed by atoms with Gasteiger partial charge in [-0.25, -0.2) is 13.6 Å². The zero-order valence-corrected chi connectivity index (χ0v) is 20.5. The summed E-state index contributed by atoms with van der Waals surface area (Å²) in [6, 6.07) is 8.21. The van der Waals surface area contributed by atoms with E-state index in [9.17, 15) is 18.0 Å². The number of Topliss-reactive ketones (excluding diaryl/α,β-unsaturated/α-hetero) is 1. The third kappa shape index (κ3) is 6.31. The van der Waals surface area contributed by atoms with Crippen LogP contribution in [0.1, 0.15) is 54.4 Å². The van der Waals surface area contributed by atoms with Gasteiger partial charge >= 0.3 is 0 Å². The highest BCUT2D eigenvalue weighted by molar-refractivity contribution is 7.89. The van der Waals surface area contributed by atoms with Crippen LogP contribution in [-0.4, -0.2) is 55.8 Å². The number of nitrogens with two attached hydrogens (primary N) is 1. The number of piperidine rings is 1. The number of nitrogens with zero attached hydrogens (tertiary/aromatic N) is 2. The lowest BCUT2D eigenvalue weighted by atomic mass is 9.97. The third-order valence-electron chi connectivity index (χ3n) is 6.19. The van der Waals surface area contributed by atoms with Crippen LogP contribution < -0.4 is 10.5 Å². The minimum absolute atomic E-state index is 0.0514. The van der Waals surface area contributed by atoms with Crippen LogP contribution in [0.15, 0.2) is 35.2 Å². The fourth-order valence-electron chi connectivity index (χ4n) is 4.55. The lowest BCUT2D eigenvalue weighted by molar-refractivity contribution is -0.121. The van der Waals surface area contributed by atoms with E-state index in [-0.39, 0.29) is 16.6 Å². The Hall–Kier alpha value is -2.49. The van der Waals surface area contributed by atoms with Gasteiger partial charge in [-0.05, 0) is 75.9 Å². The van der Waals surface area contributed by atoms with E-state index in [1.54, 1.807) is 12.1 Å². The molecule has 1 aromatic heterocycles. The number of nitrogens with one attached hydrogen (secondary N) is 1. The first-order chi connectivity index (χ1) is 15.6. The smallest absolute Gasteiger partial charge is 0.238 e.